The second kappa shape index (κ2) is 9.65. The number of hydrogen-bond acceptors (Lipinski definition) is 2. The van der Waals surface area contributed by atoms with Crippen LogP contribution in [0.25, 0.3) is 10.9 Å². The first-order chi connectivity index (χ1) is 15.1. The Morgan fingerprint density at radius 3 is 2.58 bits per heavy atom. The van der Waals surface area contributed by atoms with Crippen LogP contribution in [-0.4, -0.2) is 21.0 Å². The molecule has 1 fully saturated rings. The van der Waals surface area contributed by atoms with E-state index in [9.17, 15) is 4.79 Å². The Hall–Kier alpha value is -2.66. The normalized spacial score (nSPS) is 14.1. The van der Waals surface area contributed by atoms with Crippen molar-refractivity contribution in [3.8, 4) is 0 Å². The van der Waals surface area contributed by atoms with Crippen LogP contribution >= 0.6 is 12.2 Å². The molecule has 162 valence electrons. The molecule has 2 N–H and O–H groups in total. The molecule has 1 aliphatic rings. The van der Waals surface area contributed by atoms with Gasteiger partial charge in [-0.2, -0.15) is 0 Å². The predicted octanol–water partition coefficient (Wildman–Crippen LogP) is 5.79. The van der Waals surface area contributed by atoms with Gasteiger partial charge in [-0.1, -0.05) is 51.0 Å². The topological polar surface area (TPSA) is 48.1 Å². The number of fused-ring (bicyclic) bond motifs is 1. The van der Waals surface area contributed by atoms with Crippen LogP contribution in [0.3, 0.4) is 0 Å². The van der Waals surface area contributed by atoms with Crippen molar-refractivity contribution >= 4 is 33.9 Å². The number of aryl methyl sites for hydroxylation is 2. The summed E-state index contributed by atoms with van der Waals surface area (Å²) in [6.07, 6.45) is 6.57. The maximum Gasteiger partial charge on any atom is 0.253 e. The highest BCUT2D eigenvalue weighted by atomic mass is 32.1. The average molecular weight is 434 g/mol. The summed E-state index contributed by atoms with van der Waals surface area (Å²) in [5.41, 5.74) is 5.18. The molecule has 4 rings (SSSR count). The number of nitrogens with zero attached hydrogens (tertiary/aromatic N) is 1. The summed E-state index contributed by atoms with van der Waals surface area (Å²) in [6, 6.07) is 16.9. The number of benzene rings is 2. The zero-order chi connectivity index (χ0) is 21.8. The maximum absolute atomic E-state index is 12.9. The van der Waals surface area contributed by atoms with Gasteiger partial charge >= 0.3 is 0 Å². The number of thiocarbonyl (C=S) groups is 1. The van der Waals surface area contributed by atoms with Crippen molar-refractivity contribution in [2.24, 2.45) is 0 Å². The predicted molar refractivity (Wildman–Crippen MR) is 134 cm³/mol. The van der Waals surface area contributed by atoms with Crippen molar-refractivity contribution in [3.05, 3.63) is 75.6 Å². The number of aromatic amines is 1. The van der Waals surface area contributed by atoms with Gasteiger partial charge in [0.2, 0.25) is 0 Å². The molecular weight excluding hydrogens is 402 g/mol. The number of anilines is 1. The van der Waals surface area contributed by atoms with Crippen molar-refractivity contribution in [2.75, 3.05) is 5.32 Å². The van der Waals surface area contributed by atoms with Gasteiger partial charge in [0, 0.05) is 22.8 Å². The van der Waals surface area contributed by atoms with Crippen LogP contribution in [0.2, 0.25) is 0 Å². The minimum atomic E-state index is -0.0310. The Bertz CT molecular complexity index is 1130. The summed E-state index contributed by atoms with van der Waals surface area (Å²) < 4.78 is 0. The lowest BCUT2D eigenvalue weighted by Gasteiger charge is -2.32. The Morgan fingerprint density at radius 2 is 1.84 bits per heavy atom. The molecule has 0 aliphatic heterocycles. The highest BCUT2D eigenvalue weighted by molar-refractivity contribution is 7.80. The van der Waals surface area contributed by atoms with Crippen molar-refractivity contribution in [2.45, 2.75) is 65.0 Å². The molecule has 3 aromatic rings. The van der Waals surface area contributed by atoms with Crippen LogP contribution < -0.4 is 10.9 Å². The minimum Gasteiger partial charge on any atom is -0.342 e. The standard InChI is InChI=1S/C26H31N3OS/c1-3-18-13-14-24-20(15-18)16-21(25(30)27-24)17-29(22-10-6-7-11-22)26(31)28-23-12-8-5-9-19(23)4-2/h5,8-9,12-16,22H,3-4,6-7,10-11,17H2,1-2H3,(H,27,30)(H,28,31). The average Bonchev–Trinajstić information content (AvgIpc) is 3.32. The Morgan fingerprint density at radius 1 is 1.06 bits per heavy atom. The van der Waals surface area contributed by atoms with Gasteiger partial charge in [0.25, 0.3) is 5.56 Å². The minimum absolute atomic E-state index is 0.0310. The van der Waals surface area contributed by atoms with E-state index in [1.165, 1.54) is 24.0 Å². The molecule has 0 saturated heterocycles. The number of para-hydroxylation sites is 1. The SMILES string of the molecule is CCc1ccc2[nH]c(=O)c(CN(C(=S)Nc3ccccc3CC)C3CCCC3)cc2c1. The van der Waals surface area contributed by atoms with Crippen LogP contribution in [0.4, 0.5) is 5.69 Å². The molecule has 0 radical (unpaired) electrons. The van der Waals surface area contributed by atoms with Crippen LogP contribution in [0, 0.1) is 0 Å². The molecular formula is C26H31N3OS. The molecule has 4 nitrogen and oxygen atoms in total. The largest absolute Gasteiger partial charge is 0.342 e. The van der Waals surface area contributed by atoms with Crippen LogP contribution in [0.5, 0.6) is 0 Å². The summed E-state index contributed by atoms with van der Waals surface area (Å²) in [5.74, 6) is 0. The molecule has 0 unspecified atom stereocenters. The van der Waals surface area contributed by atoms with Crippen LogP contribution in [-0.2, 0) is 19.4 Å². The highest BCUT2D eigenvalue weighted by Gasteiger charge is 2.26. The second-order valence-electron chi connectivity index (χ2n) is 8.41. The van der Waals surface area contributed by atoms with E-state index in [1.807, 2.05) is 18.2 Å². The highest BCUT2D eigenvalue weighted by Crippen LogP contribution is 2.27. The lowest BCUT2D eigenvalue weighted by Crippen LogP contribution is -2.42. The van der Waals surface area contributed by atoms with E-state index in [4.69, 9.17) is 12.2 Å². The second-order valence-corrected chi connectivity index (χ2v) is 8.79. The third kappa shape index (κ3) is 4.82. The molecule has 1 aliphatic carbocycles. The van der Waals surface area contributed by atoms with Gasteiger partial charge in [-0.05, 0) is 78.7 Å². The van der Waals surface area contributed by atoms with Gasteiger partial charge in [-0.3, -0.25) is 4.79 Å². The number of aromatic nitrogens is 1. The Labute approximate surface area is 189 Å². The zero-order valence-electron chi connectivity index (χ0n) is 18.4. The van der Waals surface area contributed by atoms with Crippen molar-refractivity contribution in [3.63, 3.8) is 0 Å². The lowest BCUT2D eigenvalue weighted by molar-refractivity contribution is 0.311. The molecule has 0 atom stereocenters. The maximum atomic E-state index is 12.9. The third-order valence-electron chi connectivity index (χ3n) is 6.40. The lowest BCUT2D eigenvalue weighted by atomic mass is 10.1. The van der Waals surface area contributed by atoms with Gasteiger partial charge in [0.05, 0.1) is 6.54 Å². The molecule has 2 aromatic carbocycles. The monoisotopic (exact) mass is 433 g/mol. The van der Waals surface area contributed by atoms with Gasteiger partial charge in [-0.15, -0.1) is 0 Å². The van der Waals surface area contributed by atoms with Crippen molar-refractivity contribution in [1.82, 2.24) is 9.88 Å². The first-order valence-corrected chi connectivity index (χ1v) is 11.8. The van der Waals surface area contributed by atoms with Gasteiger partial charge in [0.15, 0.2) is 5.11 Å². The Balaban J connectivity index is 1.64. The van der Waals surface area contributed by atoms with E-state index in [0.717, 1.165) is 47.8 Å². The molecule has 5 heteroatoms. The summed E-state index contributed by atoms with van der Waals surface area (Å²) in [4.78, 5) is 18.2. The summed E-state index contributed by atoms with van der Waals surface area (Å²) >= 11 is 5.88. The fraction of sp³-hybridized carbons (Fsp3) is 0.385. The summed E-state index contributed by atoms with van der Waals surface area (Å²) in [5, 5.41) is 5.26. The molecule has 0 bridgehead atoms. The zero-order valence-corrected chi connectivity index (χ0v) is 19.2. The van der Waals surface area contributed by atoms with E-state index in [1.54, 1.807) is 0 Å². The fourth-order valence-corrected chi connectivity index (χ4v) is 4.87. The summed E-state index contributed by atoms with van der Waals surface area (Å²) in [6.45, 7) is 4.82. The Kier molecular flexibility index (Phi) is 6.71. The van der Waals surface area contributed by atoms with Gasteiger partial charge in [0.1, 0.15) is 0 Å². The molecule has 0 spiro atoms. The molecule has 1 aromatic heterocycles. The summed E-state index contributed by atoms with van der Waals surface area (Å²) in [7, 11) is 0. The van der Waals surface area contributed by atoms with Crippen LogP contribution in [0.1, 0.15) is 56.2 Å². The van der Waals surface area contributed by atoms with E-state index in [2.05, 4.69) is 59.4 Å². The number of rotatable bonds is 6. The number of hydrogen-bond donors (Lipinski definition) is 2. The molecule has 31 heavy (non-hydrogen) atoms. The quantitative estimate of drug-likeness (QED) is 0.483. The van der Waals surface area contributed by atoms with Gasteiger partial charge < -0.3 is 15.2 Å². The third-order valence-corrected chi connectivity index (χ3v) is 6.74. The van der Waals surface area contributed by atoms with Crippen molar-refractivity contribution < 1.29 is 0 Å². The van der Waals surface area contributed by atoms with E-state index in [0.29, 0.717) is 17.7 Å². The van der Waals surface area contributed by atoms with E-state index in [-0.39, 0.29) is 5.56 Å². The van der Waals surface area contributed by atoms with E-state index < -0.39 is 0 Å². The first kappa shape index (κ1) is 21.6. The smallest absolute Gasteiger partial charge is 0.253 e. The first-order valence-electron chi connectivity index (χ1n) is 11.4. The van der Waals surface area contributed by atoms with Crippen LogP contribution in [0.15, 0.2) is 53.3 Å². The van der Waals surface area contributed by atoms with Crippen molar-refractivity contribution in [1.29, 1.82) is 0 Å². The molecule has 1 heterocycles. The van der Waals surface area contributed by atoms with Gasteiger partial charge in [-0.25, -0.2) is 0 Å². The molecule has 0 amide bonds. The number of pyridine rings is 1. The number of H-pyrrole nitrogens is 1. The number of nitrogens with one attached hydrogen (secondary N) is 2. The fourth-order valence-electron chi connectivity index (χ4n) is 4.54. The van der Waals surface area contributed by atoms with E-state index >= 15 is 0 Å². The molecule has 1 saturated carbocycles.